The van der Waals surface area contributed by atoms with Gasteiger partial charge in [0, 0.05) is 15.6 Å². The summed E-state index contributed by atoms with van der Waals surface area (Å²) in [7, 11) is 0. The highest BCUT2D eigenvalue weighted by Gasteiger charge is 2.42. The maximum absolute atomic E-state index is 10.8. The van der Waals surface area contributed by atoms with Crippen molar-refractivity contribution in [2.24, 2.45) is 5.92 Å². The smallest absolute Gasteiger partial charge is 0.0939 e. The van der Waals surface area contributed by atoms with Crippen LogP contribution in [0.3, 0.4) is 0 Å². The zero-order chi connectivity index (χ0) is 11.8. The van der Waals surface area contributed by atoms with E-state index in [9.17, 15) is 5.11 Å². The van der Waals surface area contributed by atoms with E-state index >= 15 is 0 Å². The summed E-state index contributed by atoms with van der Waals surface area (Å²) in [6, 6.07) is 5.33. The molecule has 2 rings (SSSR count). The molecule has 2 unspecified atom stereocenters. The van der Waals surface area contributed by atoms with Gasteiger partial charge in [0.2, 0.25) is 0 Å². The lowest BCUT2D eigenvalue weighted by molar-refractivity contribution is -0.00376. The Morgan fingerprint density at radius 2 is 2.19 bits per heavy atom. The van der Waals surface area contributed by atoms with E-state index in [4.69, 9.17) is 23.2 Å². The molecule has 0 aliphatic heterocycles. The predicted molar refractivity (Wildman–Crippen MR) is 68.0 cm³/mol. The fourth-order valence-electron chi connectivity index (χ4n) is 2.79. The van der Waals surface area contributed by atoms with Crippen molar-refractivity contribution in [1.82, 2.24) is 0 Å². The van der Waals surface area contributed by atoms with Gasteiger partial charge in [-0.05, 0) is 43.4 Å². The van der Waals surface area contributed by atoms with E-state index in [0.29, 0.717) is 16.0 Å². The van der Waals surface area contributed by atoms with Crippen LogP contribution in [-0.2, 0) is 5.60 Å². The molecule has 1 aliphatic carbocycles. The van der Waals surface area contributed by atoms with Crippen molar-refractivity contribution in [2.75, 3.05) is 0 Å². The van der Waals surface area contributed by atoms with Crippen molar-refractivity contribution in [3.05, 3.63) is 33.8 Å². The Bertz CT molecular complexity index is 392. The Labute approximate surface area is 106 Å². The lowest BCUT2D eigenvalue weighted by atomic mass is 9.82. The molecular weight excluding hydrogens is 243 g/mol. The van der Waals surface area contributed by atoms with E-state index in [-0.39, 0.29) is 0 Å². The molecule has 2 atom stereocenters. The highest BCUT2D eigenvalue weighted by atomic mass is 35.5. The Hall–Kier alpha value is -0.240. The minimum absolute atomic E-state index is 0.295. The van der Waals surface area contributed by atoms with Gasteiger partial charge in [-0.3, -0.25) is 0 Å². The molecule has 1 fully saturated rings. The summed E-state index contributed by atoms with van der Waals surface area (Å²) in [6.07, 6.45) is 3.87. The van der Waals surface area contributed by atoms with E-state index in [2.05, 4.69) is 6.92 Å². The van der Waals surface area contributed by atoms with Crippen LogP contribution in [0.1, 0.15) is 38.2 Å². The maximum Gasteiger partial charge on any atom is 0.0939 e. The molecule has 3 heteroatoms. The van der Waals surface area contributed by atoms with Crippen molar-refractivity contribution in [1.29, 1.82) is 0 Å². The summed E-state index contributed by atoms with van der Waals surface area (Å²) in [5.74, 6) is 0.295. The number of hydrogen-bond acceptors (Lipinski definition) is 1. The van der Waals surface area contributed by atoms with Gasteiger partial charge in [0.05, 0.1) is 5.60 Å². The van der Waals surface area contributed by atoms with E-state index in [1.807, 2.05) is 0 Å². The molecular formula is C13H16Cl2O. The van der Waals surface area contributed by atoms with Crippen LogP contribution >= 0.6 is 23.2 Å². The third kappa shape index (κ3) is 1.97. The first-order valence-electron chi connectivity index (χ1n) is 5.76. The second-order valence-electron chi connectivity index (χ2n) is 4.55. The predicted octanol–water partition coefficient (Wildman–Crippen LogP) is 4.39. The van der Waals surface area contributed by atoms with Crippen LogP contribution in [0, 0.1) is 5.92 Å². The summed E-state index contributed by atoms with van der Waals surface area (Å²) in [6.45, 7) is 2.11. The van der Waals surface area contributed by atoms with Crippen molar-refractivity contribution in [3.63, 3.8) is 0 Å². The zero-order valence-electron chi connectivity index (χ0n) is 9.34. The molecule has 0 aromatic heterocycles. The molecule has 88 valence electrons. The zero-order valence-corrected chi connectivity index (χ0v) is 10.9. The highest BCUT2D eigenvalue weighted by molar-refractivity contribution is 6.33. The Kier molecular flexibility index (Phi) is 3.48. The summed E-state index contributed by atoms with van der Waals surface area (Å²) in [5, 5.41) is 12.0. The molecule has 1 aromatic carbocycles. The SMILES string of the molecule is CCC1CCCC1(O)c1cc(Cl)ccc1Cl. The first-order valence-corrected chi connectivity index (χ1v) is 6.51. The van der Waals surface area contributed by atoms with Crippen LogP contribution in [0.5, 0.6) is 0 Å². The first kappa shape index (κ1) is 12.2. The summed E-state index contributed by atoms with van der Waals surface area (Å²) in [5.41, 5.74) is 0.0162. The molecule has 1 aromatic rings. The second kappa shape index (κ2) is 4.56. The Balaban J connectivity index is 2.45. The molecule has 0 spiro atoms. The molecule has 0 saturated heterocycles. The monoisotopic (exact) mass is 258 g/mol. The summed E-state index contributed by atoms with van der Waals surface area (Å²) >= 11 is 12.1. The molecule has 16 heavy (non-hydrogen) atoms. The molecule has 0 radical (unpaired) electrons. The molecule has 1 saturated carbocycles. The third-order valence-corrected chi connectivity index (χ3v) is 4.24. The average Bonchev–Trinajstić information content (AvgIpc) is 2.64. The van der Waals surface area contributed by atoms with Crippen LogP contribution in [0.2, 0.25) is 10.0 Å². The van der Waals surface area contributed by atoms with Crippen molar-refractivity contribution >= 4 is 23.2 Å². The second-order valence-corrected chi connectivity index (χ2v) is 5.39. The number of rotatable bonds is 2. The fourth-order valence-corrected chi connectivity index (χ4v) is 3.24. The van der Waals surface area contributed by atoms with E-state index in [1.54, 1.807) is 18.2 Å². The number of benzene rings is 1. The molecule has 1 aliphatic rings. The summed E-state index contributed by atoms with van der Waals surface area (Å²) < 4.78 is 0. The average molecular weight is 259 g/mol. The Morgan fingerprint density at radius 3 is 2.88 bits per heavy atom. The van der Waals surface area contributed by atoms with E-state index in [0.717, 1.165) is 31.2 Å². The standard InChI is InChI=1S/C13H16Cl2O/c1-2-9-4-3-7-13(9,16)11-8-10(14)5-6-12(11)15/h5-6,8-9,16H,2-4,7H2,1H3. The van der Waals surface area contributed by atoms with Crippen molar-refractivity contribution in [2.45, 2.75) is 38.2 Å². The van der Waals surface area contributed by atoms with Crippen LogP contribution in [0.25, 0.3) is 0 Å². The normalized spacial score (nSPS) is 29.6. The summed E-state index contributed by atoms with van der Waals surface area (Å²) in [4.78, 5) is 0. The third-order valence-electron chi connectivity index (χ3n) is 3.67. The van der Waals surface area contributed by atoms with Gasteiger partial charge < -0.3 is 5.11 Å². The largest absolute Gasteiger partial charge is 0.385 e. The maximum atomic E-state index is 10.8. The van der Waals surface area contributed by atoms with E-state index in [1.165, 1.54) is 0 Å². The number of hydrogen-bond donors (Lipinski definition) is 1. The fraction of sp³-hybridized carbons (Fsp3) is 0.538. The lowest BCUT2D eigenvalue weighted by Crippen LogP contribution is -2.30. The van der Waals surface area contributed by atoms with Gasteiger partial charge in [0.1, 0.15) is 0 Å². The molecule has 1 N–H and O–H groups in total. The van der Waals surface area contributed by atoms with Crippen LogP contribution in [0.15, 0.2) is 18.2 Å². The lowest BCUT2D eigenvalue weighted by Gasteiger charge is -2.31. The van der Waals surface area contributed by atoms with Gasteiger partial charge in [-0.15, -0.1) is 0 Å². The van der Waals surface area contributed by atoms with Gasteiger partial charge >= 0.3 is 0 Å². The highest BCUT2D eigenvalue weighted by Crippen LogP contribution is 2.47. The van der Waals surface area contributed by atoms with Crippen LogP contribution < -0.4 is 0 Å². The van der Waals surface area contributed by atoms with Crippen LogP contribution in [-0.4, -0.2) is 5.11 Å². The van der Waals surface area contributed by atoms with Gasteiger partial charge in [0.25, 0.3) is 0 Å². The van der Waals surface area contributed by atoms with Gasteiger partial charge in [0.15, 0.2) is 0 Å². The number of aliphatic hydroxyl groups is 1. The number of halogens is 2. The van der Waals surface area contributed by atoms with Crippen molar-refractivity contribution in [3.8, 4) is 0 Å². The Morgan fingerprint density at radius 1 is 1.44 bits per heavy atom. The molecule has 0 bridgehead atoms. The van der Waals surface area contributed by atoms with E-state index < -0.39 is 5.60 Å². The van der Waals surface area contributed by atoms with Gasteiger partial charge in [-0.1, -0.05) is 36.5 Å². The van der Waals surface area contributed by atoms with Gasteiger partial charge in [-0.2, -0.15) is 0 Å². The first-order chi connectivity index (χ1) is 7.58. The van der Waals surface area contributed by atoms with Crippen LogP contribution in [0.4, 0.5) is 0 Å². The minimum atomic E-state index is -0.781. The molecule has 0 amide bonds. The molecule has 1 nitrogen and oxygen atoms in total. The molecule has 0 heterocycles. The topological polar surface area (TPSA) is 20.2 Å². The quantitative estimate of drug-likeness (QED) is 0.835. The van der Waals surface area contributed by atoms with Crippen molar-refractivity contribution < 1.29 is 5.11 Å². The van der Waals surface area contributed by atoms with Gasteiger partial charge in [-0.25, -0.2) is 0 Å². The minimum Gasteiger partial charge on any atom is -0.385 e.